The zero-order valence-corrected chi connectivity index (χ0v) is 10.8. The van der Waals surface area contributed by atoms with Crippen molar-refractivity contribution in [2.24, 2.45) is 10.8 Å². The van der Waals surface area contributed by atoms with Crippen molar-refractivity contribution < 1.29 is 19.1 Å². The third kappa shape index (κ3) is 5.53. The minimum atomic E-state index is -0.571. The topological polar surface area (TPSA) is 52.6 Å². The van der Waals surface area contributed by atoms with E-state index in [0.29, 0.717) is 0 Å². The first kappa shape index (κ1) is 14.7. The Labute approximate surface area is 96.6 Å². The highest BCUT2D eigenvalue weighted by molar-refractivity contribution is 5.76. The molecule has 0 spiro atoms. The van der Waals surface area contributed by atoms with Gasteiger partial charge in [-0.25, -0.2) is 0 Å². The predicted molar refractivity (Wildman–Crippen MR) is 60.2 cm³/mol. The van der Waals surface area contributed by atoms with E-state index in [9.17, 15) is 9.59 Å². The number of carbonyl (C=O) groups excluding carboxylic acids is 2. The number of esters is 2. The lowest BCUT2D eigenvalue weighted by Crippen LogP contribution is -2.22. The normalized spacial score (nSPS) is 12.6. The van der Waals surface area contributed by atoms with E-state index in [4.69, 9.17) is 9.47 Å². The highest BCUT2D eigenvalue weighted by Crippen LogP contribution is 2.16. The van der Waals surface area contributed by atoms with E-state index in [-0.39, 0.29) is 11.9 Å². The molecule has 0 aromatic carbocycles. The first-order valence-corrected chi connectivity index (χ1v) is 5.12. The predicted octanol–water partition coefficient (Wildman–Crippen LogP) is 2.64. The van der Waals surface area contributed by atoms with Gasteiger partial charge in [-0.2, -0.15) is 0 Å². The van der Waals surface area contributed by atoms with Crippen molar-refractivity contribution in [1.82, 2.24) is 0 Å². The van der Waals surface area contributed by atoms with Crippen molar-refractivity contribution in [3.63, 3.8) is 0 Å². The number of ether oxygens (including phenoxy) is 2. The fourth-order valence-corrected chi connectivity index (χ4v) is 0.533. The molecule has 0 fully saturated rings. The van der Waals surface area contributed by atoms with Crippen molar-refractivity contribution in [2.75, 3.05) is 0 Å². The standard InChI is InChI=1S/C12H20O4/c1-11(2,3)9(13)15-7-8-16-10(14)12(4,5)6/h7-8H,1-6H3. The molecule has 0 atom stereocenters. The lowest BCUT2D eigenvalue weighted by molar-refractivity contribution is -0.150. The summed E-state index contributed by atoms with van der Waals surface area (Å²) < 4.78 is 9.55. The molecule has 0 bridgehead atoms. The van der Waals surface area contributed by atoms with E-state index in [1.54, 1.807) is 41.5 Å². The Bertz CT molecular complexity index is 259. The van der Waals surface area contributed by atoms with Crippen molar-refractivity contribution in [3.05, 3.63) is 12.5 Å². The third-order valence-corrected chi connectivity index (χ3v) is 1.63. The largest absolute Gasteiger partial charge is 0.431 e. The molecule has 0 aromatic rings. The molecule has 0 aliphatic carbocycles. The van der Waals surface area contributed by atoms with Crippen LogP contribution in [0.2, 0.25) is 0 Å². The van der Waals surface area contributed by atoms with Crippen LogP contribution in [0.1, 0.15) is 41.5 Å². The average molecular weight is 228 g/mol. The fourth-order valence-electron chi connectivity index (χ4n) is 0.533. The summed E-state index contributed by atoms with van der Waals surface area (Å²) in [7, 11) is 0. The van der Waals surface area contributed by atoms with E-state index in [0.717, 1.165) is 12.5 Å². The summed E-state index contributed by atoms with van der Waals surface area (Å²) in [6, 6.07) is 0. The lowest BCUT2D eigenvalue weighted by Gasteiger charge is -2.15. The molecule has 4 heteroatoms. The highest BCUT2D eigenvalue weighted by atomic mass is 16.6. The summed E-state index contributed by atoms with van der Waals surface area (Å²) in [6.07, 6.45) is 2.16. The molecule has 0 saturated heterocycles. The smallest absolute Gasteiger partial charge is 0.316 e. The van der Waals surface area contributed by atoms with Gasteiger partial charge in [0, 0.05) is 0 Å². The molecule has 0 aromatic heterocycles. The minimum Gasteiger partial charge on any atom is -0.431 e. The summed E-state index contributed by atoms with van der Waals surface area (Å²) in [6.45, 7) is 10.4. The maximum absolute atomic E-state index is 11.3. The zero-order chi connectivity index (χ0) is 13.0. The molecule has 0 radical (unpaired) electrons. The van der Waals surface area contributed by atoms with Crippen LogP contribution in [0.15, 0.2) is 12.5 Å². The Morgan fingerprint density at radius 2 is 1.00 bits per heavy atom. The minimum absolute atomic E-state index is 0.379. The van der Waals surface area contributed by atoms with Crippen LogP contribution in [0.3, 0.4) is 0 Å². The van der Waals surface area contributed by atoms with Gasteiger partial charge in [0.25, 0.3) is 0 Å². The molecular weight excluding hydrogens is 208 g/mol. The van der Waals surface area contributed by atoms with Crippen LogP contribution in [0.25, 0.3) is 0 Å². The van der Waals surface area contributed by atoms with Crippen LogP contribution in [0.4, 0.5) is 0 Å². The van der Waals surface area contributed by atoms with E-state index < -0.39 is 10.8 Å². The molecule has 0 saturated carbocycles. The van der Waals surface area contributed by atoms with Gasteiger partial charge in [0.15, 0.2) is 0 Å². The van der Waals surface area contributed by atoms with Crippen molar-refractivity contribution in [1.29, 1.82) is 0 Å². The lowest BCUT2D eigenvalue weighted by atomic mass is 9.97. The first-order chi connectivity index (χ1) is 7.05. The Hall–Kier alpha value is -1.32. The van der Waals surface area contributed by atoms with Gasteiger partial charge in [-0.3, -0.25) is 9.59 Å². The molecule has 0 unspecified atom stereocenters. The van der Waals surface area contributed by atoms with Gasteiger partial charge in [-0.05, 0) is 41.5 Å². The average Bonchev–Trinajstić information content (AvgIpc) is 2.08. The van der Waals surface area contributed by atoms with Crippen LogP contribution in [0.5, 0.6) is 0 Å². The maximum Gasteiger partial charge on any atom is 0.316 e. The second kappa shape index (κ2) is 5.14. The quantitative estimate of drug-likeness (QED) is 0.538. The van der Waals surface area contributed by atoms with E-state index >= 15 is 0 Å². The van der Waals surface area contributed by atoms with Crippen LogP contribution in [0, 0.1) is 10.8 Å². The molecule has 92 valence electrons. The summed E-state index contributed by atoms with van der Waals surface area (Å²) in [5, 5.41) is 0. The number of carbonyl (C=O) groups is 2. The number of hydrogen-bond donors (Lipinski definition) is 0. The summed E-state index contributed by atoms with van der Waals surface area (Å²) in [4.78, 5) is 22.6. The molecular formula is C12H20O4. The molecule has 4 nitrogen and oxygen atoms in total. The van der Waals surface area contributed by atoms with Crippen LogP contribution < -0.4 is 0 Å². The number of hydrogen-bond acceptors (Lipinski definition) is 4. The van der Waals surface area contributed by atoms with Crippen molar-refractivity contribution >= 4 is 11.9 Å². The van der Waals surface area contributed by atoms with E-state index in [1.165, 1.54) is 0 Å². The summed E-state index contributed by atoms with van der Waals surface area (Å²) in [5.41, 5.74) is -1.14. The van der Waals surface area contributed by atoms with E-state index in [1.807, 2.05) is 0 Å². The van der Waals surface area contributed by atoms with Gasteiger partial charge in [0.05, 0.1) is 10.8 Å². The van der Waals surface area contributed by atoms with E-state index in [2.05, 4.69) is 0 Å². The van der Waals surface area contributed by atoms with Crippen LogP contribution in [-0.2, 0) is 19.1 Å². The van der Waals surface area contributed by atoms with Crippen molar-refractivity contribution in [3.8, 4) is 0 Å². The molecule has 0 aliphatic rings. The fraction of sp³-hybridized carbons (Fsp3) is 0.667. The number of rotatable bonds is 2. The van der Waals surface area contributed by atoms with Crippen LogP contribution in [-0.4, -0.2) is 11.9 Å². The molecule has 0 amide bonds. The molecule has 0 rings (SSSR count). The molecule has 0 heterocycles. The van der Waals surface area contributed by atoms with Gasteiger partial charge >= 0.3 is 11.9 Å². The SMILES string of the molecule is CC(C)(C)C(=O)OC=COC(=O)C(C)(C)C. The van der Waals surface area contributed by atoms with Gasteiger partial charge in [0.1, 0.15) is 12.5 Å². The molecule has 16 heavy (non-hydrogen) atoms. The first-order valence-electron chi connectivity index (χ1n) is 5.12. The van der Waals surface area contributed by atoms with Gasteiger partial charge in [-0.15, -0.1) is 0 Å². The Morgan fingerprint density at radius 1 is 0.750 bits per heavy atom. The second-order valence-electron chi connectivity index (χ2n) is 5.58. The third-order valence-electron chi connectivity index (χ3n) is 1.63. The van der Waals surface area contributed by atoms with Gasteiger partial charge in [0.2, 0.25) is 0 Å². The second-order valence-corrected chi connectivity index (χ2v) is 5.58. The highest BCUT2D eigenvalue weighted by Gasteiger charge is 2.23. The van der Waals surface area contributed by atoms with Crippen LogP contribution >= 0.6 is 0 Å². The molecule has 0 N–H and O–H groups in total. The summed E-state index contributed by atoms with van der Waals surface area (Å²) >= 11 is 0. The summed E-state index contributed by atoms with van der Waals surface area (Å²) in [5.74, 6) is -0.758. The van der Waals surface area contributed by atoms with Gasteiger partial charge < -0.3 is 9.47 Å². The Kier molecular flexibility index (Phi) is 4.72. The monoisotopic (exact) mass is 228 g/mol. The Morgan fingerprint density at radius 3 is 1.19 bits per heavy atom. The van der Waals surface area contributed by atoms with Crippen molar-refractivity contribution in [2.45, 2.75) is 41.5 Å². The zero-order valence-electron chi connectivity index (χ0n) is 10.8. The Balaban J connectivity index is 4.07. The maximum atomic E-state index is 11.3. The van der Waals surface area contributed by atoms with Gasteiger partial charge in [-0.1, -0.05) is 0 Å². The molecule has 0 aliphatic heterocycles.